The van der Waals surface area contributed by atoms with Gasteiger partial charge in [-0.05, 0) is 25.1 Å². The first-order chi connectivity index (χ1) is 17.9. The summed E-state index contributed by atoms with van der Waals surface area (Å²) in [6.07, 6.45) is 1.11. The minimum atomic E-state index is -1.49. The van der Waals surface area contributed by atoms with Crippen molar-refractivity contribution in [3.63, 3.8) is 0 Å². The second-order valence-corrected chi connectivity index (χ2v) is 9.93. The van der Waals surface area contributed by atoms with Gasteiger partial charge in [0.2, 0.25) is 4.96 Å². The molecule has 6 rings (SSSR count). The number of furan rings is 1. The van der Waals surface area contributed by atoms with Gasteiger partial charge in [-0.3, -0.25) is 4.98 Å². The zero-order valence-electron chi connectivity index (χ0n) is 20.2. The Balaban J connectivity index is 1.29. The Labute approximate surface area is 214 Å². The van der Waals surface area contributed by atoms with E-state index in [0.29, 0.717) is 63.1 Å². The molecule has 1 saturated heterocycles. The predicted octanol–water partition coefficient (Wildman–Crippen LogP) is 6.19. The molecule has 0 bridgehead atoms. The van der Waals surface area contributed by atoms with E-state index < -0.39 is 11.8 Å². The number of pyridine rings is 1. The van der Waals surface area contributed by atoms with Crippen LogP contribution in [0, 0.1) is 0 Å². The highest BCUT2D eigenvalue weighted by Gasteiger charge is 2.35. The van der Waals surface area contributed by atoms with E-state index >= 15 is 4.39 Å². The van der Waals surface area contributed by atoms with Gasteiger partial charge >= 0.3 is 0 Å². The van der Waals surface area contributed by atoms with Crippen molar-refractivity contribution in [1.82, 2.24) is 19.6 Å². The molecule has 0 spiro atoms. The van der Waals surface area contributed by atoms with Gasteiger partial charge in [-0.15, -0.1) is 0 Å². The van der Waals surface area contributed by atoms with Crippen molar-refractivity contribution in [1.29, 1.82) is 0 Å². The number of alkyl halides is 2. The molecular formula is C26H24F2N4O4S. The highest BCUT2D eigenvalue weighted by Crippen LogP contribution is 2.38. The van der Waals surface area contributed by atoms with Crippen molar-refractivity contribution in [3.8, 4) is 23.0 Å². The SMILES string of the molecule is COc1cc(OCc2cccc(C3(F)CCOCC3)n2)c2cc(-c3cn4nc([C@H](C)F)sc4n3)oc2c1. The maximum atomic E-state index is 15.4. The molecule has 192 valence electrons. The van der Waals surface area contributed by atoms with Crippen LogP contribution in [0.3, 0.4) is 0 Å². The Morgan fingerprint density at radius 2 is 2.03 bits per heavy atom. The maximum Gasteiger partial charge on any atom is 0.212 e. The summed E-state index contributed by atoms with van der Waals surface area (Å²) in [5.41, 5.74) is 0.638. The van der Waals surface area contributed by atoms with Crippen LogP contribution < -0.4 is 9.47 Å². The number of halogens is 2. The number of benzene rings is 1. The molecule has 0 N–H and O–H groups in total. The van der Waals surface area contributed by atoms with Crippen molar-refractivity contribution in [2.24, 2.45) is 0 Å². The lowest BCUT2D eigenvalue weighted by molar-refractivity contribution is -0.0140. The molecule has 1 aliphatic heterocycles. The van der Waals surface area contributed by atoms with Gasteiger partial charge in [0.1, 0.15) is 29.4 Å². The van der Waals surface area contributed by atoms with E-state index in [0.717, 1.165) is 5.39 Å². The number of rotatable bonds is 7. The Hall–Kier alpha value is -3.57. The Bertz CT molecular complexity index is 1540. The lowest BCUT2D eigenvalue weighted by Gasteiger charge is -2.29. The molecule has 1 atom stereocenters. The van der Waals surface area contributed by atoms with Gasteiger partial charge in [0.25, 0.3) is 0 Å². The van der Waals surface area contributed by atoms with Crippen LogP contribution in [0.25, 0.3) is 27.4 Å². The molecule has 5 aromatic rings. The molecule has 11 heteroatoms. The standard InChI is InChI=1S/C26H24F2N4O4S/c1-15(27)24-31-32-13-19(30-25(32)37-24)22-12-18-20(10-17(33-2)11-21(18)36-22)35-14-16-4-3-5-23(29-16)26(28)6-8-34-9-7-26/h3-5,10-13,15H,6-9,14H2,1-2H3/t15-/m0/s1. The van der Waals surface area contributed by atoms with Gasteiger partial charge < -0.3 is 18.6 Å². The second-order valence-electron chi connectivity index (χ2n) is 8.94. The fraction of sp³-hybridized carbons (Fsp3) is 0.346. The number of aromatic nitrogens is 4. The third-order valence-electron chi connectivity index (χ3n) is 6.39. The molecule has 1 aromatic carbocycles. The number of ether oxygens (including phenoxy) is 3. The van der Waals surface area contributed by atoms with Crippen molar-refractivity contribution >= 4 is 27.3 Å². The van der Waals surface area contributed by atoms with Gasteiger partial charge in [0.15, 0.2) is 22.6 Å². The molecule has 5 heterocycles. The summed E-state index contributed by atoms with van der Waals surface area (Å²) >= 11 is 1.19. The zero-order valence-corrected chi connectivity index (χ0v) is 21.1. The Morgan fingerprint density at radius 1 is 1.19 bits per heavy atom. The number of methoxy groups -OCH3 is 1. The summed E-state index contributed by atoms with van der Waals surface area (Å²) in [5.74, 6) is 1.61. The third-order valence-corrected chi connectivity index (χ3v) is 7.46. The van der Waals surface area contributed by atoms with Crippen LogP contribution in [0.2, 0.25) is 0 Å². The maximum absolute atomic E-state index is 15.4. The van der Waals surface area contributed by atoms with Gasteiger partial charge in [-0.1, -0.05) is 17.4 Å². The molecule has 1 fully saturated rings. The fourth-order valence-corrected chi connectivity index (χ4v) is 5.16. The molecule has 1 aliphatic rings. The Morgan fingerprint density at radius 3 is 2.78 bits per heavy atom. The highest BCUT2D eigenvalue weighted by molar-refractivity contribution is 7.16. The first kappa shape index (κ1) is 23.8. The number of fused-ring (bicyclic) bond motifs is 2. The molecule has 37 heavy (non-hydrogen) atoms. The van der Waals surface area contributed by atoms with Crippen LogP contribution in [-0.4, -0.2) is 39.9 Å². The number of imidazole rings is 1. The van der Waals surface area contributed by atoms with Gasteiger partial charge in [0.05, 0.1) is 43.3 Å². The van der Waals surface area contributed by atoms with Crippen LogP contribution in [0.15, 0.2) is 47.0 Å². The monoisotopic (exact) mass is 526 g/mol. The van der Waals surface area contributed by atoms with E-state index in [-0.39, 0.29) is 19.4 Å². The normalized spacial score (nSPS) is 16.3. The molecule has 4 aromatic heterocycles. The zero-order chi connectivity index (χ0) is 25.6. The van der Waals surface area contributed by atoms with E-state index in [9.17, 15) is 4.39 Å². The van der Waals surface area contributed by atoms with Crippen molar-refractivity contribution < 1.29 is 27.4 Å². The lowest BCUT2D eigenvalue weighted by atomic mass is 9.92. The van der Waals surface area contributed by atoms with Crippen molar-refractivity contribution in [2.45, 2.75) is 38.2 Å². The van der Waals surface area contributed by atoms with E-state index in [4.69, 9.17) is 18.6 Å². The lowest BCUT2D eigenvalue weighted by Crippen LogP contribution is -2.30. The largest absolute Gasteiger partial charge is 0.496 e. The molecule has 8 nitrogen and oxygen atoms in total. The van der Waals surface area contributed by atoms with Crippen LogP contribution in [-0.2, 0) is 17.0 Å². The third kappa shape index (κ3) is 4.53. The van der Waals surface area contributed by atoms with E-state index in [1.54, 1.807) is 42.1 Å². The second kappa shape index (κ2) is 9.38. The molecule has 0 amide bonds. The van der Waals surface area contributed by atoms with Crippen LogP contribution >= 0.6 is 11.3 Å². The van der Waals surface area contributed by atoms with E-state index in [1.807, 2.05) is 12.1 Å². The summed E-state index contributed by atoms with van der Waals surface area (Å²) in [4.78, 5) is 9.65. The molecule has 0 unspecified atom stereocenters. The Kier molecular flexibility index (Phi) is 6.04. The van der Waals surface area contributed by atoms with E-state index in [1.165, 1.54) is 18.3 Å². The minimum absolute atomic E-state index is 0.136. The summed E-state index contributed by atoms with van der Waals surface area (Å²) in [7, 11) is 1.56. The van der Waals surface area contributed by atoms with Crippen molar-refractivity contribution in [2.75, 3.05) is 20.3 Å². The summed E-state index contributed by atoms with van der Waals surface area (Å²) in [6.45, 7) is 2.34. The summed E-state index contributed by atoms with van der Waals surface area (Å²) < 4.78 is 53.5. The van der Waals surface area contributed by atoms with Gasteiger partial charge in [-0.25, -0.2) is 18.3 Å². The number of hydrogen-bond acceptors (Lipinski definition) is 8. The van der Waals surface area contributed by atoms with Crippen LogP contribution in [0.5, 0.6) is 11.5 Å². The molecule has 0 radical (unpaired) electrons. The first-order valence-corrected chi connectivity index (χ1v) is 12.7. The van der Waals surface area contributed by atoms with Gasteiger partial charge in [0, 0.05) is 25.0 Å². The smallest absolute Gasteiger partial charge is 0.212 e. The average Bonchev–Trinajstić information content (AvgIpc) is 3.61. The molecule has 0 aliphatic carbocycles. The molecule has 0 saturated carbocycles. The first-order valence-electron chi connectivity index (χ1n) is 11.9. The van der Waals surface area contributed by atoms with Crippen LogP contribution in [0.4, 0.5) is 8.78 Å². The number of nitrogens with zero attached hydrogens (tertiary/aromatic N) is 4. The summed E-state index contributed by atoms with van der Waals surface area (Å²) in [5, 5.41) is 5.33. The fourth-order valence-electron chi connectivity index (χ4n) is 4.35. The number of hydrogen-bond donors (Lipinski definition) is 0. The predicted molar refractivity (Wildman–Crippen MR) is 134 cm³/mol. The van der Waals surface area contributed by atoms with Crippen LogP contribution in [0.1, 0.15) is 42.3 Å². The summed E-state index contributed by atoms with van der Waals surface area (Å²) in [6, 6.07) is 10.7. The molecular weight excluding hydrogens is 502 g/mol. The van der Waals surface area contributed by atoms with Crippen molar-refractivity contribution in [3.05, 3.63) is 59.0 Å². The minimum Gasteiger partial charge on any atom is -0.496 e. The highest BCUT2D eigenvalue weighted by atomic mass is 32.1. The van der Waals surface area contributed by atoms with E-state index in [2.05, 4.69) is 15.1 Å². The topological polar surface area (TPSA) is 83.9 Å². The van der Waals surface area contributed by atoms with Gasteiger partial charge in [-0.2, -0.15) is 5.10 Å². The quantitative estimate of drug-likeness (QED) is 0.250. The average molecular weight is 527 g/mol.